The maximum absolute atomic E-state index is 12.2. The number of hydrogen-bond donors (Lipinski definition) is 2. The van der Waals surface area contributed by atoms with Gasteiger partial charge in [-0.25, -0.2) is 0 Å². The van der Waals surface area contributed by atoms with E-state index in [4.69, 9.17) is 0 Å². The third-order valence-electron chi connectivity index (χ3n) is 4.27. The fraction of sp³-hybridized carbons (Fsp3) is 0.571. The van der Waals surface area contributed by atoms with E-state index < -0.39 is 0 Å². The molecule has 3 rings (SSSR count). The Morgan fingerprint density at radius 3 is 2.75 bits per heavy atom. The lowest BCUT2D eigenvalue weighted by molar-refractivity contribution is -0.118. The van der Waals surface area contributed by atoms with E-state index in [1.54, 1.807) is 6.20 Å². The van der Waals surface area contributed by atoms with Gasteiger partial charge in [-0.3, -0.25) is 9.78 Å². The first-order chi connectivity index (χ1) is 8.70. The smallest absolute Gasteiger partial charge is 0.228 e. The Kier molecular flexibility index (Phi) is 5.80. The highest BCUT2D eigenvalue weighted by atomic mass is 35.5. The second-order valence-corrected chi connectivity index (χ2v) is 5.54. The fourth-order valence-electron chi connectivity index (χ4n) is 3.05. The molecule has 1 aliphatic carbocycles. The van der Waals surface area contributed by atoms with Crippen molar-refractivity contribution in [2.45, 2.75) is 26.2 Å². The number of rotatable bonds is 2. The van der Waals surface area contributed by atoms with Crippen LogP contribution in [-0.2, 0) is 4.79 Å². The molecule has 2 N–H and O–H groups in total. The van der Waals surface area contributed by atoms with E-state index in [0.717, 1.165) is 43.7 Å². The second-order valence-electron chi connectivity index (χ2n) is 5.54. The Balaban J connectivity index is 0.000001000. The molecule has 1 saturated carbocycles. The average molecular weight is 318 g/mol. The number of pyridine rings is 1. The van der Waals surface area contributed by atoms with Gasteiger partial charge in [0.05, 0.1) is 0 Å². The molecule has 20 heavy (non-hydrogen) atoms. The van der Waals surface area contributed by atoms with E-state index in [9.17, 15) is 4.79 Å². The van der Waals surface area contributed by atoms with Gasteiger partial charge in [-0.2, -0.15) is 0 Å². The van der Waals surface area contributed by atoms with Gasteiger partial charge in [0.15, 0.2) is 0 Å². The van der Waals surface area contributed by atoms with E-state index in [0.29, 0.717) is 5.41 Å². The van der Waals surface area contributed by atoms with E-state index >= 15 is 0 Å². The van der Waals surface area contributed by atoms with Crippen LogP contribution in [0.2, 0.25) is 0 Å². The van der Waals surface area contributed by atoms with Crippen molar-refractivity contribution in [3.8, 4) is 0 Å². The normalized spacial score (nSPS) is 22.4. The Hall–Kier alpha value is -0.840. The van der Waals surface area contributed by atoms with Crippen LogP contribution < -0.4 is 10.6 Å². The van der Waals surface area contributed by atoms with Gasteiger partial charge in [-0.05, 0) is 56.8 Å². The summed E-state index contributed by atoms with van der Waals surface area (Å²) in [6.07, 6.45) is 5.07. The topological polar surface area (TPSA) is 54.0 Å². The van der Waals surface area contributed by atoms with Gasteiger partial charge in [0, 0.05) is 23.5 Å². The molecule has 6 heteroatoms. The molecular weight excluding hydrogens is 297 g/mol. The molecule has 112 valence electrons. The molecule has 1 unspecified atom stereocenters. The summed E-state index contributed by atoms with van der Waals surface area (Å²) in [6, 6.07) is 3.76. The molecule has 1 spiro atoms. The molecule has 0 bridgehead atoms. The average Bonchev–Trinajstić information content (AvgIpc) is 3.04. The lowest BCUT2D eigenvalue weighted by Gasteiger charge is -2.23. The third kappa shape index (κ3) is 3.43. The van der Waals surface area contributed by atoms with Crippen LogP contribution in [0.25, 0.3) is 0 Å². The van der Waals surface area contributed by atoms with E-state index in [2.05, 4.69) is 15.6 Å². The van der Waals surface area contributed by atoms with Crippen LogP contribution >= 0.6 is 24.8 Å². The minimum atomic E-state index is 0. The molecule has 0 radical (unpaired) electrons. The highest BCUT2D eigenvalue weighted by Crippen LogP contribution is 2.58. The molecular formula is C14H21Cl2N3O. The highest BCUT2D eigenvalue weighted by molar-refractivity contribution is 5.95. The quantitative estimate of drug-likeness (QED) is 0.881. The fourth-order valence-corrected chi connectivity index (χ4v) is 3.05. The number of halogens is 2. The first-order valence-corrected chi connectivity index (χ1v) is 6.64. The Morgan fingerprint density at radius 1 is 1.40 bits per heavy atom. The van der Waals surface area contributed by atoms with Gasteiger partial charge in [0.1, 0.15) is 0 Å². The largest absolute Gasteiger partial charge is 0.326 e. The van der Waals surface area contributed by atoms with E-state index in [-0.39, 0.29) is 36.6 Å². The number of hydrogen-bond acceptors (Lipinski definition) is 3. The van der Waals surface area contributed by atoms with Gasteiger partial charge in [-0.1, -0.05) is 0 Å². The summed E-state index contributed by atoms with van der Waals surface area (Å²) >= 11 is 0. The lowest BCUT2D eigenvalue weighted by atomic mass is 9.92. The number of amides is 1. The first-order valence-electron chi connectivity index (χ1n) is 6.64. The molecule has 1 atom stereocenters. The summed E-state index contributed by atoms with van der Waals surface area (Å²) in [6.45, 7) is 4.04. The van der Waals surface area contributed by atoms with Crippen molar-refractivity contribution in [3.63, 3.8) is 0 Å². The lowest BCUT2D eigenvalue weighted by Crippen LogP contribution is -2.31. The van der Waals surface area contributed by atoms with Gasteiger partial charge >= 0.3 is 0 Å². The molecule has 2 fully saturated rings. The molecule has 1 saturated heterocycles. The van der Waals surface area contributed by atoms with Crippen molar-refractivity contribution < 1.29 is 4.79 Å². The summed E-state index contributed by atoms with van der Waals surface area (Å²) in [5.74, 6) is 0.399. The highest BCUT2D eigenvalue weighted by Gasteiger charge is 2.57. The number of carbonyl (C=O) groups is 1. The maximum Gasteiger partial charge on any atom is 0.228 e. The SMILES string of the molecule is Cc1cc(NC(=O)C2CC23CCNCC3)ccn1.Cl.Cl. The minimum Gasteiger partial charge on any atom is -0.326 e. The zero-order valence-electron chi connectivity index (χ0n) is 11.5. The van der Waals surface area contributed by atoms with Gasteiger partial charge in [0.2, 0.25) is 5.91 Å². The number of anilines is 1. The van der Waals surface area contributed by atoms with Crippen LogP contribution in [0.4, 0.5) is 5.69 Å². The van der Waals surface area contributed by atoms with Crippen LogP contribution in [0.3, 0.4) is 0 Å². The van der Waals surface area contributed by atoms with Crippen LogP contribution in [0, 0.1) is 18.3 Å². The summed E-state index contributed by atoms with van der Waals surface area (Å²) in [5.41, 5.74) is 2.10. The molecule has 1 amide bonds. The van der Waals surface area contributed by atoms with Crippen molar-refractivity contribution in [2.24, 2.45) is 11.3 Å². The molecule has 2 aliphatic rings. The standard InChI is InChI=1S/C14H19N3O.2ClH/c1-10-8-11(2-5-16-10)17-13(18)12-9-14(12)3-6-15-7-4-14;;/h2,5,8,12,15H,3-4,6-7,9H2,1H3,(H,16,17,18);2*1H. The molecule has 2 heterocycles. The number of aryl methyl sites for hydroxylation is 1. The molecule has 1 aromatic heterocycles. The Labute approximate surface area is 131 Å². The zero-order chi connectivity index (χ0) is 12.6. The van der Waals surface area contributed by atoms with Gasteiger partial charge in [0.25, 0.3) is 0 Å². The summed E-state index contributed by atoms with van der Waals surface area (Å²) in [7, 11) is 0. The van der Waals surface area contributed by atoms with Crippen molar-refractivity contribution in [1.29, 1.82) is 0 Å². The van der Waals surface area contributed by atoms with Crippen LogP contribution in [-0.4, -0.2) is 24.0 Å². The maximum atomic E-state index is 12.2. The summed E-state index contributed by atoms with van der Waals surface area (Å²) in [4.78, 5) is 16.3. The monoisotopic (exact) mass is 317 g/mol. The summed E-state index contributed by atoms with van der Waals surface area (Å²) < 4.78 is 0. The number of carbonyl (C=O) groups excluding carboxylic acids is 1. The molecule has 1 aromatic rings. The van der Waals surface area contributed by atoms with Crippen molar-refractivity contribution >= 4 is 36.4 Å². The van der Waals surface area contributed by atoms with Crippen LogP contribution in [0.5, 0.6) is 0 Å². The van der Waals surface area contributed by atoms with Gasteiger partial charge in [-0.15, -0.1) is 24.8 Å². The molecule has 0 aromatic carbocycles. The van der Waals surface area contributed by atoms with Crippen molar-refractivity contribution in [1.82, 2.24) is 10.3 Å². The number of nitrogens with zero attached hydrogens (tertiary/aromatic N) is 1. The number of piperidine rings is 1. The van der Waals surface area contributed by atoms with E-state index in [1.807, 2.05) is 19.1 Å². The van der Waals surface area contributed by atoms with E-state index in [1.165, 1.54) is 0 Å². The second kappa shape index (κ2) is 6.74. The van der Waals surface area contributed by atoms with Crippen LogP contribution in [0.15, 0.2) is 18.3 Å². The van der Waals surface area contributed by atoms with Crippen molar-refractivity contribution in [2.75, 3.05) is 18.4 Å². The Bertz CT molecular complexity index is 475. The van der Waals surface area contributed by atoms with Crippen LogP contribution in [0.1, 0.15) is 25.0 Å². The van der Waals surface area contributed by atoms with Gasteiger partial charge < -0.3 is 10.6 Å². The predicted octanol–water partition coefficient (Wildman–Crippen LogP) is 2.56. The van der Waals surface area contributed by atoms with Crippen molar-refractivity contribution in [3.05, 3.63) is 24.0 Å². The Morgan fingerprint density at radius 2 is 2.10 bits per heavy atom. The molecule has 1 aliphatic heterocycles. The molecule has 4 nitrogen and oxygen atoms in total. The number of aromatic nitrogens is 1. The third-order valence-corrected chi connectivity index (χ3v) is 4.27. The summed E-state index contributed by atoms with van der Waals surface area (Å²) in [5, 5.41) is 6.37. The first kappa shape index (κ1) is 17.2. The predicted molar refractivity (Wildman–Crippen MR) is 84.7 cm³/mol. The zero-order valence-corrected chi connectivity index (χ0v) is 13.1. The number of nitrogens with one attached hydrogen (secondary N) is 2. The minimum absolute atomic E-state index is 0.